The molecule has 0 fully saturated rings. The third kappa shape index (κ3) is 7.86. The van der Waals surface area contributed by atoms with Gasteiger partial charge in [0.2, 0.25) is 0 Å². The molecule has 0 aliphatic heterocycles. The minimum absolute atomic E-state index is 0.226. The van der Waals surface area contributed by atoms with Crippen molar-refractivity contribution in [1.29, 1.82) is 0 Å². The Morgan fingerprint density at radius 2 is 1.51 bits per heavy atom. The molecule has 0 heterocycles. The number of amides is 1. The van der Waals surface area contributed by atoms with Gasteiger partial charge in [-0.3, -0.25) is 4.79 Å². The summed E-state index contributed by atoms with van der Waals surface area (Å²) in [4.78, 5) is 24.5. The van der Waals surface area contributed by atoms with Crippen LogP contribution in [0.4, 0.5) is 0 Å². The van der Waals surface area contributed by atoms with Crippen LogP contribution in [0.3, 0.4) is 0 Å². The van der Waals surface area contributed by atoms with E-state index in [0.717, 1.165) is 4.47 Å². The van der Waals surface area contributed by atoms with Gasteiger partial charge in [-0.05, 0) is 74.0 Å². The molecule has 3 aromatic rings. The number of hydrogen-bond donors (Lipinski definition) is 1. The van der Waals surface area contributed by atoms with E-state index in [1.165, 1.54) is 6.21 Å². The van der Waals surface area contributed by atoms with Crippen LogP contribution in [0.1, 0.15) is 29.8 Å². The van der Waals surface area contributed by atoms with Crippen molar-refractivity contribution >= 4 is 34.0 Å². The maximum atomic E-state index is 12.4. The van der Waals surface area contributed by atoms with Crippen LogP contribution in [0, 0.1) is 0 Å². The highest BCUT2D eigenvalue weighted by Crippen LogP contribution is 2.29. The van der Waals surface area contributed by atoms with Crippen LogP contribution in [0.5, 0.6) is 23.0 Å². The van der Waals surface area contributed by atoms with Gasteiger partial charge in [0, 0.05) is 4.47 Å². The molecule has 0 saturated carbocycles. The molecule has 0 spiro atoms. The first-order valence-electron chi connectivity index (χ1n) is 10.9. The third-order valence-corrected chi connectivity index (χ3v) is 4.99. The molecule has 0 aliphatic rings. The van der Waals surface area contributed by atoms with Crippen molar-refractivity contribution < 1.29 is 28.5 Å². The maximum Gasteiger partial charge on any atom is 0.343 e. The lowest BCUT2D eigenvalue weighted by molar-refractivity contribution is -0.123. The van der Waals surface area contributed by atoms with E-state index < -0.39 is 11.9 Å². The topological polar surface area (TPSA) is 95.5 Å². The predicted molar refractivity (Wildman–Crippen MR) is 136 cm³/mol. The molecule has 0 aliphatic carbocycles. The normalized spacial score (nSPS) is 10.6. The van der Waals surface area contributed by atoms with Gasteiger partial charge in [-0.25, -0.2) is 10.2 Å². The highest BCUT2D eigenvalue weighted by atomic mass is 79.9. The summed E-state index contributed by atoms with van der Waals surface area (Å²) in [5, 5.41) is 3.96. The summed E-state index contributed by atoms with van der Waals surface area (Å²) in [6.45, 7) is 4.33. The van der Waals surface area contributed by atoms with Crippen molar-refractivity contribution in [3.05, 3.63) is 82.3 Å². The van der Waals surface area contributed by atoms with E-state index >= 15 is 0 Å². The summed E-state index contributed by atoms with van der Waals surface area (Å²) in [7, 11) is 0. The molecule has 0 aromatic heterocycles. The number of esters is 1. The number of hydrazone groups is 1. The Hall–Kier alpha value is -3.85. The molecule has 0 radical (unpaired) electrons. The third-order valence-electron chi connectivity index (χ3n) is 4.46. The second-order valence-electron chi connectivity index (χ2n) is 7.00. The van der Waals surface area contributed by atoms with E-state index in [-0.39, 0.29) is 12.4 Å². The van der Waals surface area contributed by atoms with Crippen LogP contribution >= 0.6 is 15.9 Å². The second kappa shape index (κ2) is 13.1. The number of hydrogen-bond acceptors (Lipinski definition) is 7. The number of benzene rings is 3. The van der Waals surface area contributed by atoms with Crippen molar-refractivity contribution in [3.8, 4) is 23.0 Å². The minimum atomic E-state index is -0.502. The lowest BCUT2D eigenvalue weighted by atomic mass is 10.2. The number of nitrogens with zero attached hydrogens (tertiary/aromatic N) is 1. The predicted octanol–water partition coefficient (Wildman–Crippen LogP) is 4.99. The van der Waals surface area contributed by atoms with Gasteiger partial charge in [0.05, 0.1) is 25.0 Å². The Balaban J connectivity index is 1.59. The standard InChI is InChI=1S/C26H25BrN2O6/c1-3-32-21-7-5-6-8-22(21)34-17-25(30)29-28-16-18-9-14-23(24(15-18)33-4-2)35-26(31)19-10-12-20(27)13-11-19/h5-16H,3-4,17H2,1-2H3,(H,29,30)/b28-16-. The number of halogens is 1. The van der Waals surface area contributed by atoms with Gasteiger partial charge in [-0.2, -0.15) is 5.10 Å². The van der Waals surface area contributed by atoms with E-state index in [0.29, 0.717) is 41.6 Å². The fourth-order valence-electron chi connectivity index (χ4n) is 2.90. The fourth-order valence-corrected chi connectivity index (χ4v) is 3.17. The molecule has 35 heavy (non-hydrogen) atoms. The zero-order valence-corrected chi connectivity index (χ0v) is 20.9. The first kappa shape index (κ1) is 25.8. The lowest BCUT2D eigenvalue weighted by Gasteiger charge is -2.11. The molecule has 8 nitrogen and oxygen atoms in total. The Morgan fingerprint density at radius 1 is 0.857 bits per heavy atom. The van der Waals surface area contributed by atoms with Crippen LogP contribution < -0.4 is 24.4 Å². The molecular weight excluding hydrogens is 516 g/mol. The smallest absolute Gasteiger partial charge is 0.343 e. The Labute approximate surface area is 212 Å². The van der Waals surface area contributed by atoms with E-state index in [4.69, 9.17) is 18.9 Å². The number of para-hydroxylation sites is 2. The van der Waals surface area contributed by atoms with Gasteiger partial charge in [0.15, 0.2) is 29.6 Å². The first-order chi connectivity index (χ1) is 17.0. The Morgan fingerprint density at radius 3 is 2.20 bits per heavy atom. The quantitative estimate of drug-likeness (QED) is 0.159. The summed E-state index contributed by atoms with van der Waals surface area (Å²) in [5.41, 5.74) is 3.46. The zero-order valence-electron chi connectivity index (χ0n) is 19.3. The monoisotopic (exact) mass is 540 g/mol. The van der Waals surface area contributed by atoms with Crippen LogP contribution in [0.2, 0.25) is 0 Å². The molecule has 0 unspecified atom stereocenters. The maximum absolute atomic E-state index is 12.4. The SMILES string of the molecule is CCOc1ccccc1OCC(=O)N/N=C\c1ccc(OC(=O)c2ccc(Br)cc2)c(OCC)c1. The highest BCUT2D eigenvalue weighted by Gasteiger charge is 2.13. The fraction of sp³-hybridized carbons (Fsp3) is 0.192. The molecule has 1 amide bonds. The number of nitrogens with one attached hydrogen (secondary N) is 1. The minimum Gasteiger partial charge on any atom is -0.490 e. The van der Waals surface area contributed by atoms with Crippen LogP contribution in [-0.4, -0.2) is 37.9 Å². The first-order valence-corrected chi connectivity index (χ1v) is 11.7. The van der Waals surface area contributed by atoms with Crippen LogP contribution in [0.15, 0.2) is 76.3 Å². The largest absolute Gasteiger partial charge is 0.490 e. The van der Waals surface area contributed by atoms with Gasteiger partial charge in [0.1, 0.15) is 0 Å². The molecule has 0 atom stereocenters. The van der Waals surface area contributed by atoms with E-state index in [1.807, 2.05) is 19.9 Å². The molecule has 182 valence electrons. The summed E-state index contributed by atoms with van der Waals surface area (Å²) >= 11 is 3.34. The number of carbonyl (C=O) groups excluding carboxylic acids is 2. The molecule has 0 saturated heterocycles. The van der Waals surface area contributed by atoms with Crippen LogP contribution in [0.25, 0.3) is 0 Å². The average molecular weight is 541 g/mol. The van der Waals surface area contributed by atoms with Crippen molar-refractivity contribution in [2.24, 2.45) is 5.10 Å². The summed E-state index contributed by atoms with van der Waals surface area (Å²) < 4.78 is 23.0. The van der Waals surface area contributed by atoms with Gasteiger partial charge in [0.25, 0.3) is 5.91 Å². The van der Waals surface area contributed by atoms with E-state index in [9.17, 15) is 9.59 Å². The molecule has 1 N–H and O–H groups in total. The average Bonchev–Trinajstić information content (AvgIpc) is 2.86. The Kier molecular flexibility index (Phi) is 9.68. The molecule has 0 bridgehead atoms. The van der Waals surface area contributed by atoms with E-state index in [1.54, 1.807) is 60.7 Å². The number of ether oxygens (including phenoxy) is 4. The highest BCUT2D eigenvalue weighted by molar-refractivity contribution is 9.10. The summed E-state index contributed by atoms with van der Waals surface area (Å²) in [5.74, 6) is 0.765. The molecular formula is C26H25BrN2O6. The lowest BCUT2D eigenvalue weighted by Crippen LogP contribution is -2.24. The second-order valence-corrected chi connectivity index (χ2v) is 7.91. The number of rotatable bonds is 11. The molecule has 9 heteroatoms. The van der Waals surface area contributed by atoms with Gasteiger partial charge in [-0.1, -0.05) is 28.1 Å². The van der Waals surface area contributed by atoms with Crippen molar-refractivity contribution in [2.75, 3.05) is 19.8 Å². The molecule has 3 rings (SSSR count). The van der Waals surface area contributed by atoms with Crippen molar-refractivity contribution in [1.82, 2.24) is 5.43 Å². The zero-order chi connectivity index (χ0) is 25.0. The molecule has 3 aromatic carbocycles. The van der Waals surface area contributed by atoms with Crippen molar-refractivity contribution in [3.63, 3.8) is 0 Å². The summed E-state index contributed by atoms with van der Waals surface area (Å²) in [6, 6.07) is 18.9. The summed E-state index contributed by atoms with van der Waals surface area (Å²) in [6.07, 6.45) is 1.45. The van der Waals surface area contributed by atoms with Gasteiger partial charge < -0.3 is 18.9 Å². The van der Waals surface area contributed by atoms with Crippen LogP contribution in [-0.2, 0) is 4.79 Å². The van der Waals surface area contributed by atoms with Crippen molar-refractivity contribution in [2.45, 2.75) is 13.8 Å². The Bertz CT molecular complexity index is 1180. The van der Waals surface area contributed by atoms with E-state index in [2.05, 4.69) is 26.5 Å². The van der Waals surface area contributed by atoms with Gasteiger partial charge in [-0.15, -0.1) is 0 Å². The van der Waals surface area contributed by atoms with Gasteiger partial charge >= 0.3 is 5.97 Å². The number of carbonyl (C=O) groups is 2.